The van der Waals surface area contributed by atoms with E-state index in [0.29, 0.717) is 12.2 Å². The molecule has 2 aromatic carbocycles. The van der Waals surface area contributed by atoms with E-state index in [4.69, 9.17) is 4.74 Å². The Morgan fingerprint density at radius 2 is 1.75 bits per heavy atom. The van der Waals surface area contributed by atoms with Gasteiger partial charge in [0.25, 0.3) is 5.91 Å². The van der Waals surface area contributed by atoms with Gasteiger partial charge in [0.2, 0.25) is 0 Å². The van der Waals surface area contributed by atoms with Crippen molar-refractivity contribution in [2.24, 2.45) is 0 Å². The van der Waals surface area contributed by atoms with E-state index in [-0.39, 0.29) is 5.91 Å². The summed E-state index contributed by atoms with van der Waals surface area (Å²) in [5.74, 6) is 0.849. The third-order valence-corrected chi connectivity index (χ3v) is 4.30. The molecule has 0 unspecified atom stereocenters. The van der Waals surface area contributed by atoms with Crippen LogP contribution in [0.5, 0.6) is 5.75 Å². The first-order chi connectivity index (χ1) is 11.8. The maximum Gasteiger partial charge on any atom is 0.254 e. The average Bonchev–Trinajstić information content (AvgIpc) is 2.63. The molecule has 0 aliphatic carbocycles. The molecule has 1 amide bonds. The van der Waals surface area contributed by atoms with Crippen LogP contribution in [0, 0.1) is 0 Å². The van der Waals surface area contributed by atoms with E-state index < -0.39 is 0 Å². The van der Waals surface area contributed by atoms with Crippen molar-refractivity contribution in [2.45, 2.75) is 13.5 Å². The van der Waals surface area contributed by atoms with Crippen LogP contribution in [-0.2, 0) is 6.54 Å². The van der Waals surface area contributed by atoms with Gasteiger partial charge >= 0.3 is 0 Å². The molecular weight excluding hydrogens is 300 g/mol. The number of piperazine rings is 1. The van der Waals surface area contributed by atoms with Gasteiger partial charge in [0.1, 0.15) is 5.75 Å². The van der Waals surface area contributed by atoms with Crippen molar-refractivity contribution in [3.63, 3.8) is 0 Å². The predicted molar refractivity (Wildman–Crippen MR) is 95.2 cm³/mol. The topological polar surface area (TPSA) is 32.8 Å². The Hall–Kier alpha value is -2.33. The number of hydrogen-bond acceptors (Lipinski definition) is 3. The van der Waals surface area contributed by atoms with E-state index in [1.807, 2.05) is 42.2 Å². The van der Waals surface area contributed by atoms with Crippen LogP contribution < -0.4 is 4.74 Å². The maximum absolute atomic E-state index is 12.7. The predicted octanol–water partition coefficient (Wildman–Crippen LogP) is 3.04. The lowest BCUT2D eigenvalue weighted by Crippen LogP contribution is -2.48. The number of nitrogens with zero attached hydrogens (tertiary/aromatic N) is 2. The Morgan fingerprint density at radius 3 is 2.46 bits per heavy atom. The summed E-state index contributed by atoms with van der Waals surface area (Å²) in [6.07, 6.45) is 0. The summed E-state index contributed by atoms with van der Waals surface area (Å²) in [5, 5.41) is 0. The van der Waals surface area contributed by atoms with E-state index in [1.165, 1.54) is 5.56 Å². The van der Waals surface area contributed by atoms with Gasteiger partial charge in [-0.3, -0.25) is 9.69 Å². The first-order valence-electron chi connectivity index (χ1n) is 8.54. The first kappa shape index (κ1) is 16.5. The highest BCUT2D eigenvalue weighted by Gasteiger charge is 2.22. The Balaban J connectivity index is 1.56. The van der Waals surface area contributed by atoms with Crippen LogP contribution in [-0.4, -0.2) is 48.5 Å². The molecule has 1 saturated heterocycles. The molecule has 0 N–H and O–H groups in total. The zero-order valence-electron chi connectivity index (χ0n) is 14.1. The summed E-state index contributed by atoms with van der Waals surface area (Å²) < 4.78 is 5.49. The molecule has 0 saturated carbocycles. The van der Waals surface area contributed by atoms with Gasteiger partial charge in [-0.1, -0.05) is 36.4 Å². The molecule has 0 bridgehead atoms. The van der Waals surface area contributed by atoms with Crippen molar-refractivity contribution in [3.8, 4) is 5.75 Å². The molecule has 4 nitrogen and oxygen atoms in total. The number of hydrogen-bond donors (Lipinski definition) is 0. The summed E-state index contributed by atoms with van der Waals surface area (Å²) in [4.78, 5) is 17.0. The monoisotopic (exact) mass is 324 g/mol. The lowest BCUT2D eigenvalue weighted by molar-refractivity contribution is 0.0628. The zero-order valence-corrected chi connectivity index (χ0v) is 14.1. The molecule has 1 heterocycles. The van der Waals surface area contributed by atoms with Crippen LogP contribution >= 0.6 is 0 Å². The van der Waals surface area contributed by atoms with Crippen LogP contribution in [0.2, 0.25) is 0 Å². The minimum Gasteiger partial charge on any atom is -0.494 e. The van der Waals surface area contributed by atoms with Crippen LogP contribution in [0.3, 0.4) is 0 Å². The highest BCUT2D eigenvalue weighted by Crippen LogP contribution is 2.16. The Kier molecular flexibility index (Phi) is 5.49. The Labute approximate surface area is 143 Å². The summed E-state index contributed by atoms with van der Waals surface area (Å²) in [6.45, 7) is 6.85. The van der Waals surface area contributed by atoms with Crippen molar-refractivity contribution in [1.29, 1.82) is 0 Å². The molecular formula is C20H24N2O2. The number of ether oxygens (including phenoxy) is 1. The average molecular weight is 324 g/mol. The van der Waals surface area contributed by atoms with Gasteiger partial charge in [-0.2, -0.15) is 0 Å². The molecule has 4 heteroatoms. The minimum absolute atomic E-state index is 0.0934. The van der Waals surface area contributed by atoms with Crippen LogP contribution in [0.1, 0.15) is 22.8 Å². The van der Waals surface area contributed by atoms with E-state index in [9.17, 15) is 4.79 Å². The van der Waals surface area contributed by atoms with Gasteiger partial charge in [-0.25, -0.2) is 0 Å². The Bertz CT molecular complexity index is 664. The second-order valence-electron chi connectivity index (χ2n) is 6.01. The van der Waals surface area contributed by atoms with Gasteiger partial charge in [-0.05, 0) is 30.7 Å². The lowest BCUT2D eigenvalue weighted by atomic mass is 10.1. The summed E-state index contributed by atoms with van der Waals surface area (Å²) in [6, 6.07) is 17.9. The van der Waals surface area contributed by atoms with Gasteiger partial charge in [0.05, 0.1) is 6.61 Å². The molecule has 0 atom stereocenters. The molecule has 2 aromatic rings. The minimum atomic E-state index is 0.0934. The van der Waals surface area contributed by atoms with Crippen LogP contribution in [0.4, 0.5) is 0 Å². The smallest absolute Gasteiger partial charge is 0.254 e. The summed E-state index contributed by atoms with van der Waals surface area (Å²) >= 11 is 0. The molecule has 1 aliphatic rings. The van der Waals surface area contributed by atoms with E-state index in [2.05, 4.69) is 29.2 Å². The molecule has 126 valence electrons. The standard InChI is InChI=1S/C20H24N2O2/c1-2-24-19-10-6-9-18(15-19)20(23)22-13-11-21(12-14-22)16-17-7-4-3-5-8-17/h3-10,15H,2,11-14,16H2,1H3. The highest BCUT2D eigenvalue weighted by atomic mass is 16.5. The summed E-state index contributed by atoms with van der Waals surface area (Å²) in [7, 11) is 0. The van der Waals surface area contributed by atoms with Gasteiger partial charge in [-0.15, -0.1) is 0 Å². The van der Waals surface area contributed by atoms with Crippen molar-refractivity contribution >= 4 is 5.91 Å². The third kappa shape index (κ3) is 4.15. The van der Waals surface area contributed by atoms with E-state index in [1.54, 1.807) is 0 Å². The SMILES string of the molecule is CCOc1cccc(C(=O)N2CCN(Cc3ccccc3)CC2)c1. The highest BCUT2D eigenvalue weighted by molar-refractivity contribution is 5.94. The maximum atomic E-state index is 12.7. The number of carbonyl (C=O) groups is 1. The third-order valence-electron chi connectivity index (χ3n) is 4.30. The first-order valence-corrected chi connectivity index (χ1v) is 8.54. The zero-order chi connectivity index (χ0) is 16.8. The Morgan fingerprint density at radius 1 is 1.00 bits per heavy atom. The largest absolute Gasteiger partial charge is 0.494 e. The molecule has 3 rings (SSSR count). The van der Waals surface area contributed by atoms with Crippen LogP contribution in [0.15, 0.2) is 54.6 Å². The van der Waals surface area contributed by atoms with Crippen molar-refractivity contribution < 1.29 is 9.53 Å². The number of rotatable bonds is 5. The van der Waals surface area contributed by atoms with Crippen molar-refractivity contribution in [3.05, 3.63) is 65.7 Å². The van der Waals surface area contributed by atoms with Gasteiger partial charge in [0, 0.05) is 38.3 Å². The fourth-order valence-electron chi connectivity index (χ4n) is 3.02. The second-order valence-corrected chi connectivity index (χ2v) is 6.01. The fourth-order valence-corrected chi connectivity index (χ4v) is 3.02. The van der Waals surface area contributed by atoms with E-state index >= 15 is 0 Å². The van der Waals surface area contributed by atoms with Crippen LogP contribution in [0.25, 0.3) is 0 Å². The van der Waals surface area contributed by atoms with Crippen molar-refractivity contribution in [1.82, 2.24) is 9.80 Å². The number of carbonyl (C=O) groups excluding carboxylic acids is 1. The summed E-state index contributed by atoms with van der Waals surface area (Å²) in [5.41, 5.74) is 2.03. The lowest BCUT2D eigenvalue weighted by Gasteiger charge is -2.34. The molecule has 0 spiro atoms. The molecule has 1 fully saturated rings. The molecule has 1 aliphatic heterocycles. The normalized spacial score (nSPS) is 15.3. The molecule has 0 radical (unpaired) electrons. The molecule has 24 heavy (non-hydrogen) atoms. The fraction of sp³-hybridized carbons (Fsp3) is 0.350. The van der Waals surface area contributed by atoms with E-state index in [0.717, 1.165) is 38.5 Å². The molecule has 0 aromatic heterocycles. The van der Waals surface area contributed by atoms with Gasteiger partial charge < -0.3 is 9.64 Å². The second kappa shape index (κ2) is 7.97. The van der Waals surface area contributed by atoms with Gasteiger partial charge in [0.15, 0.2) is 0 Å². The number of amides is 1. The number of benzene rings is 2. The van der Waals surface area contributed by atoms with Crippen molar-refractivity contribution in [2.75, 3.05) is 32.8 Å². The quantitative estimate of drug-likeness (QED) is 0.847.